The molecular weight excluding hydrogens is 316 g/mol. The van der Waals surface area contributed by atoms with Crippen LogP contribution in [-0.4, -0.2) is 75.5 Å². The molecular formula is C18H28N6O. The van der Waals surface area contributed by atoms with Crippen molar-refractivity contribution in [2.45, 2.75) is 31.8 Å². The van der Waals surface area contributed by atoms with Gasteiger partial charge in [0, 0.05) is 68.8 Å². The van der Waals surface area contributed by atoms with Gasteiger partial charge in [-0.1, -0.05) is 0 Å². The molecule has 0 unspecified atom stereocenters. The zero-order valence-electron chi connectivity index (χ0n) is 14.8. The molecule has 1 N–H and O–H groups in total. The van der Waals surface area contributed by atoms with Crippen LogP contribution in [0.2, 0.25) is 0 Å². The van der Waals surface area contributed by atoms with Crippen LogP contribution >= 0.6 is 0 Å². The number of nitrogens with one attached hydrogen (secondary N) is 1. The number of nitrogens with zero attached hydrogens (tertiary/aromatic N) is 5. The predicted octanol–water partition coefficient (Wildman–Crippen LogP) is 1.32. The quantitative estimate of drug-likeness (QED) is 0.856. The molecule has 0 aliphatic carbocycles. The van der Waals surface area contributed by atoms with E-state index >= 15 is 0 Å². The molecule has 4 rings (SSSR count). The molecule has 2 aromatic heterocycles. The van der Waals surface area contributed by atoms with E-state index in [1.807, 2.05) is 24.9 Å². The van der Waals surface area contributed by atoms with Gasteiger partial charge in [0.15, 0.2) is 0 Å². The monoisotopic (exact) mass is 344 g/mol. The van der Waals surface area contributed by atoms with Gasteiger partial charge in [0.25, 0.3) is 0 Å². The van der Waals surface area contributed by atoms with Gasteiger partial charge in [0.05, 0.1) is 25.7 Å². The van der Waals surface area contributed by atoms with Gasteiger partial charge in [-0.05, 0) is 19.4 Å². The third-order valence-electron chi connectivity index (χ3n) is 5.40. The largest absolute Gasteiger partial charge is 0.379 e. The van der Waals surface area contributed by atoms with Crippen molar-refractivity contribution in [1.82, 2.24) is 29.5 Å². The molecule has 0 radical (unpaired) electrons. The van der Waals surface area contributed by atoms with Crippen LogP contribution in [0.15, 0.2) is 24.9 Å². The number of likely N-dealkylation sites (tertiary alicyclic amines) is 1. The SMILES string of the molecule is c1cn(CCN2CCC[C@@H](c3[nH]ncc3CN3CCOCC3)C2)cn1. The third kappa shape index (κ3) is 4.29. The Hall–Kier alpha value is -1.70. The predicted molar refractivity (Wildman–Crippen MR) is 95.3 cm³/mol. The first kappa shape index (κ1) is 16.8. The van der Waals surface area contributed by atoms with Crippen LogP contribution in [-0.2, 0) is 17.8 Å². The smallest absolute Gasteiger partial charge is 0.0946 e. The average molecular weight is 344 g/mol. The summed E-state index contributed by atoms with van der Waals surface area (Å²) in [6.07, 6.45) is 10.3. The van der Waals surface area contributed by atoms with E-state index in [1.165, 1.54) is 30.6 Å². The molecule has 2 aromatic rings. The minimum absolute atomic E-state index is 0.565. The molecule has 2 fully saturated rings. The summed E-state index contributed by atoms with van der Waals surface area (Å²) in [6, 6.07) is 0. The van der Waals surface area contributed by atoms with Crippen LogP contribution in [0.4, 0.5) is 0 Å². The highest BCUT2D eigenvalue weighted by molar-refractivity contribution is 5.21. The van der Waals surface area contributed by atoms with Crippen molar-refractivity contribution in [1.29, 1.82) is 0 Å². The van der Waals surface area contributed by atoms with Gasteiger partial charge in [-0.3, -0.25) is 10.00 Å². The molecule has 0 aromatic carbocycles. The standard InChI is InChI=1S/C18H28N6O/c1-2-16(13-22(4-1)6-7-24-5-3-19-15-24)18-17(12-20-21-18)14-23-8-10-25-11-9-23/h3,5,12,15-16H,1-2,4,6-11,13-14H2,(H,20,21)/t16-/m1/s1. The third-order valence-corrected chi connectivity index (χ3v) is 5.40. The highest BCUT2D eigenvalue weighted by Crippen LogP contribution is 2.28. The number of hydrogen-bond acceptors (Lipinski definition) is 5. The Bertz CT molecular complexity index is 634. The van der Waals surface area contributed by atoms with Crippen molar-refractivity contribution in [3.8, 4) is 0 Å². The van der Waals surface area contributed by atoms with Crippen molar-refractivity contribution in [3.63, 3.8) is 0 Å². The van der Waals surface area contributed by atoms with Crippen LogP contribution in [0.25, 0.3) is 0 Å². The van der Waals surface area contributed by atoms with E-state index in [0.29, 0.717) is 5.92 Å². The van der Waals surface area contributed by atoms with Crippen molar-refractivity contribution in [2.24, 2.45) is 0 Å². The fourth-order valence-corrected chi connectivity index (χ4v) is 3.97. The van der Waals surface area contributed by atoms with Crippen molar-refractivity contribution in [3.05, 3.63) is 36.2 Å². The number of rotatable bonds is 6. The van der Waals surface area contributed by atoms with Gasteiger partial charge in [-0.15, -0.1) is 0 Å². The summed E-state index contributed by atoms with van der Waals surface area (Å²) in [5, 5.41) is 7.67. The first-order valence-electron chi connectivity index (χ1n) is 9.39. The minimum atomic E-state index is 0.565. The van der Waals surface area contributed by atoms with Gasteiger partial charge in [-0.25, -0.2) is 4.98 Å². The number of hydrogen-bond donors (Lipinski definition) is 1. The maximum absolute atomic E-state index is 5.46. The van der Waals surface area contributed by atoms with Crippen molar-refractivity contribution < 1.29 is 4.74 Å². The number of H-pyrrole nitrogens is 1. The van der Waals surface area contributed by atoms with E-state index in [9.17, 15) is 0 Å². The molecule has 2 aliphatic heterocycles. The van der Waals surface area contributed by atoms with Crippen LogP contribution in [0.1, 0.15) is 30.0 Å². The van der Waals surface area contributed by atoms with Gasteiger partial charge >= 0.3 is 0 Å². The van der Waals surface area contributed by atoms with E-state index in [2.05, 4.69) is 29.5 Å². The number of aromatic amines is 1. The number of aromatic nitrogens is 4. The molecule has 136 valence electrons. The molecule has 4 heterocycles. The maximum atomic E-state index is 5.46. The molecule has 2 aliphatic rings. The van der Waals surface area contributed by atoms with E-state index in [0.717, 1.165) is 52.5 Å². The van der Waals surface area contributed by atoms with Gasteiger partial charge < -0.3 is 14.2 Å². The highest BCUT2D eigenvalue weighted by atomic mass is 16.5. The summed E-state index contributed by atoms with van der Waals surface area (Å²) >= 11 is 0. The average Bonchev–Trinajstić information content (AvgIpc) is 3.33. The Kier molecular flexibility index (Phi) is 5.44. The molecule has 25 heavy (non-hydrogen) atoms. The molecule has 7 heteroatoms. The Labute approximate surface area is 149 Å². The van der Waals surface area contributed by atoms with Gasteiger partial charge in [0.1, 0.15) is 0 Å². The Morgan fingerprint density at radius 3 is 2.92 bits per heavy atom. The summed E-state index contributed by atoms with van der Waals surface area (Å²) in [6.45, 7) is 9.12. The normalized spacial score (nSPS) is 23.1. The zero-order chi connectivity index (χ0) is 16.9. The highest BCUT2D eigenvalue weighted by Gasteiger charge is 2.25. The first-order chi connectivity index (χ1) is 12.4. The number of piperidine rings is 1. The second-order valence-corrected chi connectivity index (χ2v) is 7.14. The molecule has 2 saturated heterocycles. The van der Waals surface area contributed by atoms with Gasteiger partial charge in [-0.2, -0.15) is 5.10 Å². The molecule has 0 saturated carbocycles. The zero-order valence-corrected chi connectivity index (χ0v) is 14.8. The van der Waals surface area contributed by atoms with Gasteiger partial charge in [0.2, 0.25) is 0 Å². The number of morpholine rings is 1. The maximum Gasteiger partial charge on any atom is 0.0946 e. The lowest BCUT2D eigenvalue weighted by atomic mass is 9.92. The molecule has 7 nitrogen and oxygen atoms in total. The lowest BCUT2D eigenvalue weighted by molar-refractivity contribution is 0.0339. The second-order valence-electron chi connectivity index (χ2n) is 7.14. The number of imidazole rings is 1. The Morgan fingerprint density at radius 2 is 2.08 bits per heavy atom. The summed E-state index contributed by atoms with van der Waals surface area (Å²) in [7, 11) is 0. The lowest BCUT2D eigenvalue weighted by Gasteiger charge is -2.33. The summed E-state index contributed by atoms with van der Waals surface area (Å²) in [5.41, 5.74) is 2.71. The molecule has 0 amide bonds. The Morgan fingerprint density at radius 1 is 1.16 bits per heavy atom. The first-order valence-corrected chi connectivity index (χ1v) is 9.39. The van der Waals surface area contributed by atoms with E-state index in [4.69, 9.17) is 4.74 Å². The lowest BCUT2D eigenvalue weighted by Crippen LogP contribution is -2.38. The van der Waals surface area contributed by atoms with Crippen molar-refractivity contribution in [2.75, 3.05) is 45.9 Å². The van der Waals surface area contributed by atoms with Crippen molar-refractivity contribution >= 4 is 0 Å². The molecule has 0 spiro atoms. The minimum Gasteiger partial charge on any atom is -0.379 e. The fourth-order valence-electron chi connectivity index (χ4n) is 3.97. The fraction of sp³-hybridized carbons (Fsp3) is 0.667. The van der Waals surface area contributed by atoms with Crippen LogP contribution < -0.4 is 0 Å². The summed E-state index contributed by atoms with van der Waals surface area (Å²) in [4.78, 5) is 9.17. The van der Waals surface area contributed by atoms with Crippen LogP contribution in [0.3, 0.4) is 0 Å². The topological polar surface area (TPSA) is 62.2 Å². The molecule has 1 atom stereocenters. The number of ether oxygens (including phenoxy) is 1. The second kappa shape index (κ2) is 8.12. The molecule has 0 bridgehead atoms. The summed E-state index contributed by atoms with van der Waals surface area (Å²) < 4.78 is 7.62. The summed E-state index contributed by atoms with van der Waals surface area (Å²) in [5.74, 6) is 0.565. The van der Waals surface area contributed by atoms with E-state index in [-0.39, 0.29) is 0 Å². The Balaban J connectivity index is 1.35. The van der Waals surface area contributed by atoms with E-state index in [1.54, 1.807) is 0 Å². The van der Waals surface area contributed by atoms with Crippen LogP contribution in [0, 0.1) is 0 Å². The van der Waals surface area contributed by atoms with E-state index < -0.39 is 0 Å². The van der Waals surface area contributed by atoms with Crippen LogP contribution in [0.5, 0.6) is 0 Å².